The van der Waals surface area contributed by atoms with E-state index in [9.17, 15) is 0 Å². The summed E-state index contributed by atoms with van der Waals surface area (Å²) in [6, 6.07) is 7.54. The summed E-state index contributed by atoms with van der Waals surface area (Å²) in [5, 5.41) is 0.683. The molecule has 0 fully saturated rings. The van der Waals surface area contributed by atoms with Crippen LogP contribution in [-0.2, 0) is 0 Å². The molecule has 1 heterocycles. The molecule has 1 unspecified atom stereocenters. The van der Waals surface area contributed by atoms with Gasteiger partial charge in [-0.3, -0.25) is 10.8 Å². The number of hydrazine groups is 1. The Hall–Kier alpha value is -1.62. The minimum Gasteiger partial charge on any atom is -0.492 e. The Kier molecular flexibility index (Phi) is 5.56. The average molecular weight is 306 g/mol. The van der Waals surface area contributed by atoms with Gasteiger partial charge in [-0.1, -0.05) is 24.6 Å². The lowest BCUT2D eigenvalue weighted by molar-refractivity contribution is 0.315. The summed E-state index contributed by atoms with van der Waals surface area (Å²) in [5.41, 5.74) is 5.91. The molecular weight excluding hydrogens is 286 g/mol. The fraction of sp³-hybridized carbons (Fsp3) is 0.312. The van der Waals surface area contributed by atoms with Crippen molar-refractivity contribution in [3.05, 3.63) is 58.4 Å². The first-order valence-electron chi connectivity index (χ1n) is 6.95. The zero-order valence-corrected chi connectivity index (χ0v) is 13.0. The number of nitrogens with two attached hydrogens (primary N) is 1. The number of nitrogens with one attached hydrogen (secondary N) is 1. The number of aromatic nitrogens is 1. The van der Waals surface area contributed by atoms with Gasteiger partial charge >= 0.3 is 0 Å². The van der Waals surface area contributed by atoms with E-state index in [4.69, 9.17) is 22.2 Å². The smallest absolute Gasteiger partial charge is 0.137 e. The van der Waals surface area contributed by atoms with Crippen molar-refractivity contribution < 1.29 is 4.74 Å². The summed E-state index contributed by atoms with van der Waals surface area (Å²) in [4.78, 5) is 4.23. The van der Waals surface area contributed by atoms with Gasteiger partial charge in [-0.05, 0) is 48.2 Å². The van der Waals surface area contributed by atoms with Gasteiger partial charge in [0.15, 0.2) is 0 Å². The second-order valence-corrected chi connectivity index (χ2v) is 5.34. The van der Waals surface area contributed by atoms with Gasteiger partial charge < -0.3 is 4.74 Å². The minimum atomic E-state index is -0.179. The highest BCUT2D eigenvalue weighted by Gasteiger charge is 2.16. The van der Waals surface area contributed by atoms with Crippen molar-refractivity contribution in [2.24, 2.45) is 5.84 Å². The number of pyridine rings is 1. The molecule has 0 aliphatic carbocycles. The Balaban J connectivity index is 2.34. The Morgan fingerprint density at radius 3 is 2.86 bits per heavy atom. The molecule has 0 saturated heterocycles. The third-order valence-electron chi connectivity index (χ3n) is 3.26. The molecule has 4 nitrogen and oxygen atoms in total. The Labute approximate surface area is 130 Å². The summed E-state index contributed by atoms with van der Waals surface area (Å²) in [7, 11) is 0. The summed E-state index contributed by atoms with van der Waals surface area (Å²) in [6.07, 6.45) is 4.44. The van der Waals surface area contributed by atoms with Crippen molar-refractivity contribution in [3.8, 4) is 5.75 Å². The molecule has 5 heteroatoms. The summed E-state index contributed by atoms with van der Waals surface area (Å²) < 4.78 is 5.62. The number of ether oxygens (including phenoxy) is 1. The van der Waals surface area contributed by atoms with Gasteiger partial charge in [-0.2, -0.15) is 0 Å². The van der Waals surface area contributed by atoms with Crippen molar-refractivity contribution >= 4 is 11.6 Å². The number of benzene rings is 1. The van der Waals surface area contributed by atoms with Crippen LogP contribution in [0.4, 0.5) is 0 Å². The van der Waals surface area contributed by atoms with E-state index in [1.54, 1.807) is 12.4 Å². The van der Waals surface area contributed by atoms with Crippen molar-refractivity contribution in [1.29, 1.82) is 0 Å². The summed E-state index contributed by atoms with van der Waals surface area (Å²) in [5.74, 6) is 6.49. The van der Waals surface area contributed by atoms with Gasteiger partial charge in [0.1, 0.15) is 5.75 Å². The van der Waals surface area contributed by atoms with Crippen molar-refractivity contribution in [2.75, 3.05) is 6.61 Å². The predicted molar refractivity (Wildman–Crippen MR) is 85.4 cm³/mol. The van der Waals surface area contributed by atoms with Crippen LogP contribution < -0.4 is 16.0 Å². The number of halogens is 1. The van der Waals surface area contributed by atoms with E-state index < -0.39 is 0 Å². The molecule has 0 spiro atoms. The normalized spacial score (nSPS) is 12.2. The Bertz CT molecular complexity index is 604. The molecule has 0 amide bonds. The highest BCUT2D eigenvalue weighted by molar-refractivity contribution is 6.30. The van der Waals surface area contributed by atoms with Crippen LogP contribution in [0.5, 0.6) is 5.75 Å². The highest BCUT2D eigenvalue weighted by atomic mass is 35.5. The lowest BCUT2D eigenvalue weighted by atomic mass is 9.96. The van der Waals surface area contributed by atoms with Gasteiger partial charge in [0.2, 0.25) is 0 Å². The van der Waals surface area contributed by atoms with Gasteiger partial charge in [-0.15, -0.1) is 0 Å². The largest absolute Gasteiger partial charge is 0.492 e. The van der Waals surface area contributed by atoms with Crippen LogP contribution in [0.2, 0.25) is 5.02 Å². The Morgan fingerprint density at radius 2 is 2.14 bits per heavy atom. The number of nitrogens with zero attached hydrogens (tertiary/aromatic N) is 1. The molecule has 0 bridgehead atoms. The summed E-state index contributed by atoms with van der Waals surface area (Å²) >= 11 is 6.10. The molecule has 1 aromatic carbocycles. The fourth-order valence-electron chi connectivity index (χ4n) is 2.18. The van der Waals surface area contributed by atoms with E-state index in [-0.39, 0.29) is 6.04 Å². The first-order chi connectivity index (χ1) is 10.2. The minimum absolute atomic E-state index is 0.179. The standard InChI is InChI=1S/C16H20ClN3O/c1-3-6-21-14-7-12(9-19-10-14)16(20-18)15-8-13(17)5-4-11(15)2/h4-5,7-10,16,20H,3,6,18H2,1-2H3. The lowest BCUT2D eigenvalue weighted by Gasteiger charge is -2.19. The van der Waals surface area contributed by atoms with Crippen LogP contribution in [0.25, 0.3) is 0 Å². The molecule has 0 radical (unpaired) electrons. The summed E-state index contributed by atoms with van der Waals surface area (Å²) in [6.45, 7) is 4.76. The number of hydrogen-bond donors (Lipinski definition) is 2. The van der Waals surface area contributed by atoms with E-state index in [2.05, 4.69) is 17.3 Å². The van der Waals surface area contributed by atoms with Crippen molar-refractivity contribution in [3.63, 3.8) is 0 Å². The van der Waals surface area contributed by atoms with Gasteiger partial charge in [-0.25, -0.2) is 5.43 Å². The molecule has 0 aliphatic rings. The average Bonchev–Trinajstić information content (AvgIpc) is 2.50. The number of rotatable bonds is 6. The van der Waals surface area contributed by atoms with E-state index in [0.29, 0.717) is 11.6 Å². The maximum atomic E-state index is 6.10. The number of aryl methyl sites for hydroxylation is 1. The molecule has 2 aromatic rings. The molecular formula is C16H20ClN3O. The predicted octanol–water partition coefficient (Wildman–Crippen LogP) is 3.38. The third kappa shape index (κ3) is 3.94. The zero-order chi connectivity index (χ0) is 15.2. The first kappa shape index (κ1) is 15.8. The fourth-order valence-corrected chi connectivity index (χ4v) is 2.36. The van der Waals surface area contributed by atoms with Crippen LogP contribution in [0.15, 0.2) is 36.7 Å². The molecule has 2 rings (SSSR count). The maximum Gasteiger partial charge on any atom is 0.137 e. The van der Waals surface area contributed by atoms with Gasteiger partial charge in [0.25, 0.3) is 0 Å². The monoisotopic (exact) mass is 305 g/mol. The van der Waals surface area contributed by atoms with Crippen LogP contribution in [0, 0.1) is 6.92 Å². The second kappa shape index (κ2) is 7.41. The molecule has 1 atom stereocenters. The van der Waals surface area contributed by atoms with E-state index in [1.165, 1.54) is 0 Å². The van der Waals surface area contributed by atoms with E-state index in [1.807, 2.05) is 31.2 Å². The topological polar surface area (TPSA) is 60.2 Å². The highest BCUT2D eigenvalue weighted by Crippen LogP contribution is 2.28. The SMILES string of the molecule is CCCOc1cncc(C(NN)c2cc(Cl)ccc2C)c1. The van der Waals surface area contributed by atoms with Gasteiger partial charge in [0, 0.05) is 11.2 Å². The molecule has 112 valence electrons. The zero-order valence-electron chi connectivity index (χ0n) is 12.3. The van der Waals surface area contributed by atoms with E-state index >= 15 is 0 Å². The molecule has 21 heavy (non-hydrogen) atoms. The van der Waals surface area contributed by atoms with Crippen molar-refractivity contribution in [2.45, 2.75) is 26.3 Å². The molecule has 0 saturated carbocycles. The van der Waals surface area contributed by atoms with E-state index in [0.717, 1.165) is 28.9 Å². The van der Waals surface area contributed by atoms with Gasteiger partial charge in [0.05, 0.1) is 18.8 Å². The van der Waals surface area contributed by atoms with Crippen LogP contribution >= 0.6 is 11.6 Å². The third-order valence-corrected chi connectivity index (χ3v) is 3.49. The van der Waals surface area contributed by atoms with Crippen LogP contribution in [-0.4, -0.2) is 11.6 Å². The molecule has 0 aliphatic heterocycles. The molecule has 1 aromatic heterocycles. The van der Waals surface area contributed by atoms with Crippen molar-refractivity contribution in [1.82, 2.24) is 10.4 Å². The van der Waals surface area contributed by atoms with Crippen LogP contribution in [0.3, 0.4) is 0 Å². The van der Waals surface area contributed by atoms with Crippen LogP contribution in [0.1, 0.15) is 36.1 Å². The molecule has 3 N–H and O–H groups in total. The first-order valence-corrected chi connectivity index (χ1v) is 7.33. The number of hydrogen-bond acceptors (Lipinski definition) is 4. The lowest BCUT2D eigenvalue weighted by Crippen LogP contribution is -2.29. The second-order valence-electron chi connectivity index (χ2n) is 4.90. The Morgan fingerprint density at radius 1 is 1.33 bits per heavy atom. The quantitative estimate of drug-likeness (QED) is 0.634. The maximum absolute atomic E-state index is 6.10.